The number of hydrogen-bond acceptors (Lipinski definition) is 3. The number of aromatic nitrogens is 2. The summed E-state index contributed by atoms with van der Waals surface area (Å²) in [6, 6.07) is 13.1. The van der Waals surface area contributed by atoms with E-state index >= 15 is 0 Å². The molecular formula is C22H28N4. The van der Waals surface area contributed by atoms with Crippen LogP contribution in [-0.4, -0.2) is 52.4 Å². The van der Waals surface area contributed by atoms with Crippen LogP contribution in [-0.2, 0) is 6.54 Å². The number of rotatable bonds is 4. The lowest BCUT2D eigenvalue weighted by atomic mass is 10.0. The average molecular weight is 348 g/mol. The standard InChI is InChI=1S/C22H28N4/c1-17(2)20-15-19-6-4-5-9-26(19)22(20)21-14-18(7-8-23-21)16-25-12-10-24(3)11-13-25/h4-9,14-15,17H,10-13,16H2,1-3H3. The molecule has 3 aromatic rings. The Hall–Kier alpha value is -2.17. The molecule has 4 heteroatoms. The van der Waals surface area contributed by atoms with Crippen LogP contribution >= 0.6 is 0 Å². The third kappa shape index (κ3) is 3.39. The maximum Gasteiger partial charge on any atom is 0.0876 e. The van der Waals surface area contributed by atoms with Gasteiger partial charge in [-0.2, -0.15) is 0 Å². The summed E-state index contributed by atoms with van der Waals surface area (Å²) in [7, 11) is 2.20. The molecule has 0 aliphatic carbocycles. The molecule has 4 rings (SSSR count). The van der Waals surface area contributed by atoms with Crippen molar-refractivity contribution in [1.82, 2.24) is 19.2 Å². The van der Waals surface area contributed by atoms with Crippen molar-refractivity contribution in [2.75, 3.05) is 33.2 Å². The van der Waals surface area contributed by atoms with Crippen molar-refractivity contribution in [2.24, 2.45) is 0 Å². The van der Waals surface area contributed by atoms with E-state index < -0.39 is 0 Å². The lowest BCUT2D eigenvalue weighted by molar-refractivity contribution is 0.148. The van der Waals surface area contributed by atoms with Crippen LogP contribution in [0.3, 0.4) is 0 Å². The first-order valence-electron chi connectivity index (χ1n) is 9.58. The number of fused-ring (bicyclic) bond motifs is 1. The molecule has 0 saturated carbocycles. The second kappa shape index (κ2) is 7.22. The summed E-state index contributed by atoms with van der Waals surface area (Å²) in [6.07, 6.45) is 4.11. The Balaban J connectivity index is 1.68. The van der Waals surface area contributed by atoms with Crippen LogP contribution in [0.2, 0.25) is 0 Å². The summed E-state index contributed by atoms with van der Waals surface area (Å²) < 4.78 is 2.28. The Morgan fingerprint density at radius 3 is 2.62 bits per heavy atom. The van der Waals surface area contributed by atoms with E-state index in [0.717, 1.165) is 38.4 Å². The molecule has 0 radical (unpaired) electrons. The van der Waals surface area contributed by atoms with Gasteiger partial charge in [0.15, 0.2) is 0 Å². The minimum Gasteiger partial charge on any atom is -0.315 e. The molecule has 0 amide bonds. The number of pyridine rings is 2. The predicted octanol–water partition coefficient (Wildman–Crippen LogP) is 3.87. The summed E-state index contributed by atoms with van der Waals surface area (Å²) in [5.74, 6) is 0.466. The minimum atomic E-state index is 0.466. The Morgan fingerprint density at radius 2 is 1.85 bits per heavy atom. The van der Waals surface area contributed by atoms with Gasteiger partial charge in [-0.3, -0.25) is 9.88 Å². The fraction of sp³-hybridized carbons (Fsp3) is 0.409. The maximum absolute atomic E-state index is 4.73. The molecule has 0 spiro atoms. The van der Waals surface area contributed by atoms with Gasteiger partial charge in [0.2, 0.25) is 0 Å². The summed E-state index contributed by atoms with van der Waals surface area (Å²) in [5, 5.41) is 0. The van der Waals surface area contributed by atoms with Crippen molar-refractivity contribution in [3.05, 3.63) is 59.9 Å². The van der Waals surface area contributed by atoms with Crippen LogP contribution in [0.25, 0.3) is 16.9 Å². The smallest absolute Gasteiger partial charge is 0.0876 e. The highest BCUT2D eigenvalue weighted by Crippen LogP contribution is 2.32. The van der Waals surface area contributed by atoms with E-state index in [9.17, 15) is 0 Å². The molecule has 0 bridgehead atoms. The number of likely N-dealkylation sites (N-methyl/N-ethyl adjacent to an activating group) is 1. The van der Waals surface area contributed by atoms with Gasteiger partial charge in [0, 0.05) is 50.6 Å². The highest BCUT2D eigenvalue weighted by Gasteiger charge is 2.17. The van der Waals surface area contributed by atoms with Crippen LogP contribution in [0, 0.1) is 0 Å². The molecule has 1 aliphatic heterocycles. The molecule has 0 aromatic carbocycles. The summed E-state index contributed by atoms with van der Waals surface area (Å²) in [6.45, 7) is 10.1. The van der Waals surface area contributed by atoms with Crippen molar-refractivity contribution in [1.29, 1.82) is 0 Å². The zero-order valence-electron chi connectivity index (χ0n) is 16.0. The van der Waals surface area contributed by atoms with E-state index in [-0.39, 0.29) is 0 Å². The Kier molecular flexibility index (Phi) is 4.79. The summed E-state index contributed by atoms with van der Waals surface area (Å²) >= 11 is 0. The van der Waals surface area contributed by atoms with Gasteiger partial charge in [0.1, 0.15) is 0 Å². The van der Waals surface area contributed by atoms with Gasteiger partial charge in [-0.25, -0.2) is 0 Å². The molecule has 136 valence electrons. The van der Waals surface area contributed by atoms with Crippen LogP contribution in [0.1, 0.15) is 30.9 Å². The molecule has 0 atom stereocenters. The highest BCUT2D eigenvalue weighted by molar-refractivity contribution is 5.70. The first-order chi connectivity index (χ1) is 12.6. The zero-order chi connectivity index (χ0) is 18.1. The molecule has 0 N–H and O–H groups in total. The number of nitrogens with zero attached hydrogens (tertiary/aromatic N) is 4. The van der Waals surface area contributed by atoms with E-state index in [2.05, 4.69) is 77.7 Å². The van der Waals surface area contributed by atoms with E-state index in [0.29, 0.717) is 5.92 Å². The molecule has 4 heterocycles. The lowest BCUT2D eigenvalue weighted by Crippen LogP contribution is -2.43. The second-order valence-electron chi connectivity index (χ2n) is 7.73. The summed E-state index contributed by atoms with van der Waals surface area (Å²) in [5.41, 5.74) is 6.25. The SMILES string of the molecule is CC(C)c1cc2ccccn2c1-c1cc(CN2CCN(C)CC2)ccn1. The van der Waals surface area contributed by atoms with Gasteiger partial charge in [-0.05, 0) is 54.4 Å². The largest absolute Gasteiger partial charge is 0.315 e. The molecule has 1 fully saturated rings. The van der Waals surface area contributed by atoms with Crippen LogP contribution in [0.4, 0.5) is 0 Å². The lowest BCUT2D eigenvalue weighted by Gasteiger charge is -2.32. The van der Waals surface area contributed by atoms with Crippen LogP contribution in [0.15, 0.2) is 48.8 Å². The predicted molar refractivity (Wildman–Crippen MR) is 107 cm³/mol. The maximum atomic E-state index is 4.73. The van der Waals surface area contributed by atoms with Crippen molar-refractivity contribution >= 4 is 5.52 Å². The minimum absolute atomic E-state index is 0.466. The molecular weight excluding hydrogens is 320 g/mol. The first-order valence-corrected chi connectivity index (χ1v) is 9.58. The fourth-order valence-corrected chi connectivity index (χ4v) is 3.82. The van der Waals surface area contributed by atoms with Gasteiger partial charge < -0.3 is 9.30 Å². The zero-order valence-corrected chi connectivity index (χ0v) is 16.0. The van der Waals surface area contributed by atoms with E-state index in [4.69, 9.17) is 4.98 Å². The molecule has 3 aromatic heterocycles. The molecule has 1 saturated heterocycles. The van der Waals surface area contributed by atoms with Gasteiger partial charge in [-0.15, -0.1) is 0 Å². The number of piperazine rings is 1. The van der Waals surface area contributed by atoms with Crippen LogP contribution in [0.5, 0.6) is 0 Å². The van der Waals surface area contributed by atoms with Crippen molar-refractivity contribution < 1.29 is 0 Å². The van der Waals surface area contributed by atoms with Gasteiger partial charge in [0.25, 0.3) is 0 Å². The van der Waals surface area contributed by atoms with Gasteiger partial charge in [-0.1, -0.05) is 19.9 Å². The third-order valence-corrected chi connectivity index (χ3v) is 5.40. The quantitative estimate of drug-likeness (QED) is 0.715. The monoisotopic (exact) mass is 348 g/mol. The molecule has 1 aliphatic rings. The third-order valence-electron chi connectivity index (χ3n) is 5.40. The second-order valence-corrected chi connectivity index (χ2v) is 7.73. The van der Waals surface area contributed by atoms with E-state index in [1.54, 1.807) is 0 Å². The van der Waals surface area contributed by atoms with Crippen molar-refractivity contribution in [3.63, 3.8) is 0 Å². The van der Waals surface area contributed by atoms with Crippen molar-refractivity contribution in [2.45, 2.75) is 26.3 Å². The Morgan fingerprint density at radius 1 is 1.04 bits per heavy atom. The topological polar surface area (TPSA) is 23.8 Å². The van der Waals surface area contributed by atoms with Gasteiger partial charge in [0.05, 0.1) is 11.4 Å². The fourth-order valence-electron chi connectivity index (χ4n) is 3.82. The average Bonchev–Trinajstić information content (AvgIpc) is 3.04. The highest BCUT2D eigenvalue weighted by atomic mass is 15.2. The summed E-state index contributed by atoms with van der Waals surface area (Å²) in [4.78, 5) is 9.67. The Labute approximate surface area is 156 Å². The van der Waals surface area contributed by atoms with E-state index in [1.165, 1.54) is 22.3 Å². The van der Waals surface area contributed by atoms with Gasteiger partial charge >= 0.3 is 0 Å². The van der Waals surface area contributed by atoms with E-state index in [1.807, 2.05) is 6.20 Å². The van der Waals surface area contributed by atoms with Crippen molar-refractivity contribution in [3.8, 4) is 11.4 Å². The van der Waals surface area contributed by atoms with Crippen LogP contribution < -0.4 is 0 Å². The molecule has 26 heavy (non-hydrogen) atoms. The Bertz CT molecular complexity index is 888. The normalized spacial score (nSPS) is 16.6. The molecule has 4 nitrogen and oxygen atoms in total. The molecule has 0 unspecified atom stereocenters. The number of hydrogen-bond donors (Lipinski definition) is 0. The first kappa shape index (κ1) is 17.3.